The third kappa shape index (κ3) is 7.65. The molecule has 1 aliphatic carbocycles. The smallest absolute Gasteiger partial charge is 0.0488 e. The standard InChI is InChI=1S/C19H39NO/c1-5-7-8-18-9-11-19(12-10-18,16-20-6-2)13-14-21-15-17(3)4/h17-18,20H,5-16H2,1-4H3. The Hall–Kier alpha value is -0.0800. The van der Waals surface area contributed by atoms with E-state index in [-0.39, 0.29) is 0 Å². The fourth-order valence-electron chi connectivity index (χ4n) is 3.58. The molecule has 1 rings (SSSR count). The fourth-order valence-corrected chi connectivity index (χ4v) is 3.58. The van der Waals surface area contributed by atoms with Crippen molar-refractivity contribution in [3.63, 3.8) is 0 Å². The number of hydrogen-bond acceptors (Lipinski definition) is 2. The number of hydrogen-bond donors (Lipinski definition) is 1. The zero-order chi connectivity index (χ0) is 15.6. The van der Waals surface area contributed by atoms with Crippen LogP contribution in [0.2, 0.25) is 0 Å². The predicted octanol–water partition coefficient (Wildman–Crippen LogP) is 5.03. The third-order valence-electron chi connectivity index (χ3n) is 5.11. The minimum absolute atomic E-state index is 0.510. The lowest BCUT2D eigenvalue weighted by Crippen LogP contribution is -2.38. The van der Waals surface area contributed by atoms with E-state index in [1.165, 1.54) is 57.9 Å². The molecule has 1 fully saturated rings. The molecule has 0 saturated heterocycles. The fraction of sp³-hybridized carbons (Fsp3) is 1.00. The van der Waals surface area contributed by atoms with Gasteiger partial charge in [0, 0.05) is 19.8 Å². The lowest BCUT2D eigenvalue weighted by atomic mass is 9.67. The Morgan fingerprint density at radius 3 is 2.48 bits per heavy atom. The van der Waals surface area contributed by atoms with Crippen molar-refractivity contribution in [2.24, 2.45) is 17.3 Å². The molecule has 0 bridgehead atoms. The number of nitrogens with one attached hydrogen (secondary N) is 1. The summed E-state index contributed by atoms with van der Waals surface area (Å²) in [5, 5.41) is 3.61. The Bertz CT molecular complexity index is 244. The van der Waals surface area contributed by atoms with Gasteiger partial charge in [-0.05, 0) is 55.9 Å². The average molecular weight is 298 g/mol. The van der Waals surface area contributed by atoms with Crippen molar-refractivity contribution in [3.05, 3.63) is 0 Å². The van der Waals surface area contributed by atoms with Crippen LogP contribution in [0.25, 0.3) is 0 Å². The second kappa shape index (κ2) is 10.6. The maximum Gasteiger partial charge on any atom is 0.0488 e. The van der Waals surface area contributed by atoms with E-state index in [0.717, 1.165) is 25.7 Å². The first-order valence-electron chi connectivity index (χ1n) is 9.40. The van der Waals surface area contributed by atoms with Gasteiger partial charge in [0.25, 0.3) is 0 Å². The van der Waals surface area contributed by atoms with E-state index in [0.29, 0.717) is 11.3 Å². The molecule has 1 saturated carbocycles. The highest BCUT2D eigenvalue weighted by Crippen LogP contribution is 2.42. The van der Waals surface area contributed by atoms with Gasteiger partial charge in [-0.25, -0.2) is 0 Å². The van der Waals surface area contributed by atoms with Gasteiger partial charge in [-0.15, -0.1) is 0 Å². The molecular weight excluding hydrogens is 258 g/mol. The summed E-state index contributed by atoms with van der Waals surface area (Å²) in [6, 6.07) is 0. The van der Waals surface area contributed by atoms with Crippen LogP contribution in [0.5, 0.6) is 0 Å². The number of ether oxygens (including phenoxy) is 1. The molecule has 0 heterocycles. The molecule has 1 N–H and O–H groups in total. The SMILES string of the molecule is CCCCC1CCC(CCOCC(C)C)(CNCC)CC1. The average Bonchev–Trinajstić information content (AvgIpc) is 2.49. The van der Waals surface area contributed by atoms with E-state index in [1.807, 2.05) is 0 Å². The Kier molecular flexibility index (Phi) is 9.59. The zero-order valence-electron chi connectivity index (χ0n) is 15.0. The summed E-state index contributed by atoms with van der Waals surface area (Å²) < 4.78 is 5.87. The Labute approximate surface area is 133 Å². The first-order valence-corrected chi connectivity index (χ1v) is 9.40. The van der Waals surface area contributed by atoms with Gasteiger partial charge in [-0.2, -0.15) is 0 Å². The second-order valence-corrected chi connectivity index (χ2v) is 7.58. The summed E-state index contributed by atoms with van der Waals surface area (Å²) in [5.74, 6) is 1.65. The lowest BCUT2D eigenvalue weighted by molar-refractivity contribution is 0.0509. The summed E-state index contributed by atoms with van der Waals surface area (Å²) in [6.45, 7) is 13.1. The van der Waals surface area contributed by atoms with Crippen LogP contribution in [0.15, 0.2) is 0 Å². The van der Waals surface area contributed by atoms with Crippen molar-refractivity contribution in [2.75, 3.05) is 26.3 Å². The predicted molar refractivity (Wildman–Crippen MR) is 92.7 cm³/mol. The first kappa shape index (κ1) is 19.0. The van der Waals surface area contributed by atoms with Crippen molar-refractivity contribution in [2.45, 2.75) is 79.1 Å². The van der Waals surface area contributed by atoms with Crippen molar-refractivity contribution in [1.29, 1.82) is 0 Å². The topological polar surface area (TPSA) is 21.3 Å². The second-order valence-electron chi connectivity index (χ2n) is 7.58. The largest absolute Gasteiger partial charge is 0.381 e. The maximum absolute atomic E-state index is 5.87. The number of unbranched alkanes of at least 4 members (excludes halogenated alkanes) is 1. The van der Waals surface area contributed by atoms with Gasteiger partial charge >= 0.3 is 0 Å². The van der Waals surface area contributed by atoms with Crippen LogP contribution < -0.4 is 5.32 Å². The summed E-state index contributed by atoms with van der Waals surface area (Å²) in [7, 11) is 0. The summed E-state index contributed by atoms with van der Waals surface area (Å²) in [6.07, 6.45) is 11.2. The van der Waals surface area contributed by atoms with Crippen molar-refractivity contribution >= 4 is 0 Å². The van der Waals surface area contributed by atoms with Crippen molar-refractivity contribution in [3.8, 4) is 0 Å². The molecule has 0 unspecified atom stereocenters. The van der Waals surface area contributed by atoms with E-state index in [4.69, 9.17) is 4.74 Å². The van der Waals surface area contributed by atoms with E-state index in [9.17, 15) is 0 Å². The molecule has 0 atom stereocenters. The highest BCUT2D eigenvalue weighted by Gasteiger charge is 2.34. The summed E-state index contributed by atoms with van der Waals surface area (Å²) in [4.78, 5) is 0. The lowest BCUT2D eigenvalue weighted by Gasteiger charge is -2.41. The van der Waals surface area contributed by atoms with Crippen molar-refractivity contribution < 1.29 is 4.74 Å². The van der Waals surface area contributed by atoms with Crippen LogP contribution >= 0.6 is 0 Å². The molecular formula is C19H39NO. The van der Waals surface area contributed by atoms with Gasteiger partial charge in [0.1, 0.15) is 0 Å². The van der Waals surface area contributed by atoms with E-state index >= 15 is 0 Å². The molecule has 2 nitrogen and oxygen atoms in total. The molecule has 0 aromatic heterocycles. The molecule has 0 aromatic rings. The number of rotatable bonds is 11. The van der Waals surface area contributed by atoms with E-state index in [2.05, 4.69) is 33.0 Å². The summed E-state index contributed by atoms with van der Waals surface area (Å²) in [5.41, 5.74) is 0.510. The van der Waals surface area contributed by atoms with Gasteiger partial charge in [0.15, 0.2) is 0 Å². The molecule has 0 aromatic carbocycles. The molecule has 1 aliphatic rings. The molecule has 0 radical (unpaired) electrons. The van der Waals surface area contributed by atoms with E-state index in [1.54, 1.807) is 0 Å². The normalized spacial score (nSPS) is 26.4. The molecule has 2 heteroatoms. The molecule has 126 valence electrons. The van der Waals surface area contributed by atoms with Gasteiger partial charge in [0.2, 0.25) is 0 Å². The Morgan fingerprint density at radius 1 is 1.19 bits per heavy atom. The van der Waals surface area contributed by atoms with Crippen LogP contribution in [0.3, 0.4) is 0 Å². The van der Waals surface area contributed by atoms with Gasteiger partial charge in [-0.1, -0.05) is 47.0 Å². The zero-order valence-corrected chi connectivity index (χ0v) is 15.0. The summed E-state index contributed by atoms with van der Waals surface area (Å²) >= 11 is 0. The van der Waals surface area contributed by atoms with Crippen LogP contribution in [-0.2, 0) is 4.74 Å². The quantitative estimate of drug-likeness (QED) is 0.540. The van der Waals surface area contributed by atoms with Gasteiger partial charge in [0.05, 0.1) is 0 Å². The first-order chi connectivity index (χ1) is 10.1. The minimum atomic E-state index is 0.510. The van der Waals surface area contributed by atoms with Gasteiger partial charge < -0.3 is 10.1 Å². The molecule has 0 amide bonds. The van der Waals surface area contributed by atoms with Crippen LogP contribution in [0.1, 0.15) is 79.1 Å². The van der Waals surface area contributed by atoms with Crippen LogP contribution in [0.4, 0.5) is 0 Å². The van der Waals surface area contributed by atoms with Crippen molar-refractivity contribution in [1.82, 2.24) is 5.32 Å². The third-order valence-corrected chi connectivity index (χ3v) is 5.11. The van der Waals surface area contributed by atoms with Gasteiger partial charge in [-0.3, -0.25) is 0 Å². The monoisotopic (exact) mass is 297 g/mol. The van der Waals surface area contributed by atoms with E-state index < -0.39 is 0 Å². The molecule has 21 heavy (non-hydrogen) atoms. The molecule has 0 spiro atoms. The maximum atomic E-state index is 5.87. The highest BCUT2D eigenvalue weighted by molar-refractivity contribution is 4.87. The van der Waals surface area contributed by atoms with Crippen LogP contribution in [0, 0.1) is 17.3 Å². The molecule has 0 aliphatic heterocycles. The Balaban J connectivity index is 2.37. The Morgan fingerprint density at radius 2 is 1.90 bits per heavy atom. The highest BCUT2D eigenvalue weighted by atomic mass is 16.5. The minimum Gasteiger partial charge on any atom is -0.381 e. The van der Waals surface area contributed by atoms with Crippen LogP contribution in [-0.4, -0.2) is 26.3 Å².